The molecule has 2 rings (SSSR count). The number of ether oxygens (including phenoxy) is 2. The van der Waals surface area contributed by atoms with Crippen LogP contribution in [0.4, 0.5) is 5.69 Å². The Morgan fingerprint density at radius 3 is 2.23 bits per heavy atom. The molecule has 0 spiro atoms. The molecule has 2 aromatic rings. The van der Waals surface area contributed by atoms with E-state index in [0.717, 1.165) is 0 Å². The van der Waals surface area contributed by atoms with Gasteiger partial charge in [-0.2, -0.15) is 0 Å². The third kappa shape index (κ3) is 5.63. The summed E-state index contributed by atoms with van der Waals surface area (Å²) >= 11 is 0. The highest BCUT2D eigenvalue weighted by Crippen LogP contribution is 2.24. The highest BCUT2D eigenvalue weighted by atomic mass is 16.6. The summed E-state index contributed by atoms with van der Waals surface area (Å²) in [7, 11) is 2.39. The van der Waals surface area contributed by atoms with Gasteiger partial charge >= 0.3 is 11.9 Å². The second-order valence-corrected chi connectivity index (χ2v) is 6.35. The van der Waals surface area contributed by atoms with E-state index < -0.39 is 28.8 Å². The van der Waals surface area contributed by atoms with Gasteiger partial charge in [0.25, 0.3) is 11.6 Å². The van der Waals surface area contributed by atoms with Gasteiger partial charge in [-0.15, -0.1) is 0 Å². The summed E-state index contributed by atoms with van der Waals surface area (Å²) in [6.07, 6.45) is -0.190. The van der Waals surface area contributed by atoms with Gasteiger partial charge in [0.1, 0.15) is 11.6 Å². The third-order valence-electron chi connectivity index (χ3n) is 4.49. The Labute approximate surface area is 173 Å². The summed E-state index contributed by atoms with van der Waals surface area (Å²) < 4.78 is 9.47. The van der Waals surface area contributed by atoms with Gasteiger partial charge in [-0.1, -0.05) is 42.5 Å². The molecule has 0 aromatic heterocycles. The van der Waals surface area contributed by atoms with Crippen molar-refractivity contribution in [2.45, 2.75) is 25.4 Å². The van der Waals surface area contributed by atoms with Gasteiger partial charge in [0, 0.05) is 19.0 Å². The topological polar surface area (TPSA) is 116 Å². The van der Waals surface area contributed by atoms with Crippen molar-refractivity contribution >= 4 is 23.5 Å². The van der Waals surface area contributed by atoms with Gasteiger partial charge in [-0.25, -0.2) is 4.79 Å². The van der Waals surface area contributed by atoms with E-state index in [1.54, 1.807) is 30.3 Å². The average molecular weight is 414 g/mol. The Balaban J connectivity index is 2.49. The van der Waals surface area contributed by atoms with E-state index >= 15 is 0 Å². The van der Waals surface area contributed by atoms with Crippen LogP contribution in [-0.2, 0) is 25.6 Å². The molecule has 0 radical (unpaired) electrons. The number of nitrogens with zero attached hydrogens (tertiary/aromatic N) is 2. The fourth-order valence-electron chi connectivity index (χ4n) is 2.97. The summed E-state index contributed by atoms with van der Waals surface area (Å²) in [5.74, 6) is -2.00. The van der Waals surface area contributed by atoms with Crippen LogP contribution in [0.5, 0.6) is 0 Å². The van der Waals surface area contributed by atoms with Crippen LogP contribution in [0.2, 0.25) is 0 Å². The minimum absolute atomic E-state index is 0.00728. The van der Waals surface area contributed by atoms with Crippen LogP contribution < -0.4 is 0 Å². The van der Waals surface area contributed by atoms with E-state index in [0.29, 0.717) is 5.56 Å². The van der Waals surface area contributed by atoms with E-state index in [2.05, 4.69) is 4.74 Å². The molecule has 0 heterocycles. The average Bonchev–Trinajstić information content (AvgIpc) is 2.77. The smallest absolute Gasteiger partial charge is 0.328 e. The molecule has 1 amide bonds. The number of hydrogen-bond donors (Lipinski definition) is 0. The molecule has 0 aliphatic rings. The predicted octanol–water partition coefficient (Wildman–Crippen LogP) is 2.73. The van der Waals surface area contributed by atoms with Crippen LogP contribution in [0.15, 0.2) is 54.6 Å². The first-order chi connectivity index (χ1) is 14.4. The number of carbonyl (C=O) groups is 3. The summed E-state index contributed by atoms with van der Waals surface area (Å²) in [4.78, 5) is 49.4. The largest absolute Gasteiger partial charge is 0.469 e. The molecular weight excluding hydrogens is 392 g/mol. The molecule has 0 saturated carbocycles. The van der Waals surface area contributed by atoms with Gasteiger partial charge in [0.15, 0.2) is 0 Å². The number of benzene rings is 2. The lowest BCUT2D eigenvalue weighted by molar-refractivity contribution is -0.385. The van der Waals surface area contributed by atoms with E-state index in [9.17, 15) is 24.5 Å². The lowest BCUT2D eigenvalue weighted by Gasteiger charge is -2.30. The number of carbonyl (C=O) groups excluding carboxylic acids is 3. The number of methoxy groups -OCH3 is 2. The maximum Gasteiger partial charge on any atom is 0.328 e. The molecule has 9 nitrogen and oxygen atoms in total. The maximum absolute atomic E-state index is 13.3. The molecule has 0 aliphatic carbocycles. The fraction of sp³-hybridized carbons (Fsp3) is 0.286. The van der Waals surface area contributed by atoms with Gasteiger partial charge in [0.2, 0.25) is 0 Å². The molecule has 9 heteroatoms. The van der Waals surface area contributed by atoms with Crippen LogP contribution in [0.25, 0.3) is 0 Å². The lowest BCUT2D eigenvalue weighted by Crippen LogP contribution is -2.45. The predicted molar refractivity (Wildman–Crippen MR) is 106 cm³/mol. The van der Waals surface area contributed by atoms with Gasteiger partial charge in [0.05, 0.1) is 19.1 Å². The van der Waals surface area contributed by atoms with Crippen molar-refractivity contribution in [3.63, 3.8) is 0 Å². The van der Waals surface area contributed by atoms with Crippen molar-refractivity contribution in [1.82, 2.24) is 4.90 Å². The molecular formula is C21H22N2O7. The van der Waals surface area contributed by atoms with Crippen LogP contribution in [0.1, 0.15) is 28.8 Å². The lowest BCUT2D eigenvalue weighted by atomic mass is 10.0. The van der Waals surface area contributed by atoms with Gasteiger partial charge in [-0.3, -0.25) is 19.7 Å². The number of rotatable bonds is 9. The molecule has 2 aromatic carbocycles. The monoisotopic (exact) mass is 414 g/mol. The second kappa shape index (κ2) is 10.7. The zero-order valence-corrected chi connectivity index (χ0v) is 16.6. The van der Waals surface area contributed by atoms with Crippen molar-refractivity contribution < 1.29 is 28.8 Å². The van der Waals surface area contributed by atoms with E-state index in [4.69, 9.17) is 4.74 Å². The third-order valence-corrected chi connectivity index (χ3v) is 4.49. The van der Waals surface area contributed by atoms with Crippen LogP contribution >= 0.6 is 0 Å². The zero-order chi connectivity index (χ0) is 22.1. The van der Waals surface area contributed by atoms with Crippen LogP contribution in [0, 0.1) is 10.1 Å². The molecule has 158 valence electrons. The molecule has 0 N–H and O–H groups in total. The number of nitro groups is 1. The van der Waals surface area contributed by atoms with Crippen molar-refractivity contribution in [3.8, 4) is 0 Å². The second-order valence-electron chi connectivity index (χ2n) is 6.35. The Morgan fingerprint density at radius 1 is 1.00 bits per heavy atom. The molecule has 30 heavy (non-hydrogen) atoms. The van der Waals surface area contributed by atoms with Crippen molar-refractivity contribution in [2.24, 2.45) is 0 Å². The summed E-state index contributed by atoms with van der Waals surface area (Å²) in [6.45, 7) is -0.00728. The Morgan fingerprint density at radius 2 is 1.63 bits per heavy atom. The van der Waals surface area contributed by atoms with Crippen LogP contribution in [0.3, 0.4) is 0 Å². The highest BCUT2D eigenvalue weighted by molar-refractivity contribution is 6.00. The normalized spacial score (nSPS) is 11.3. The van der Waals surface area contributed by atoms with Crippen molar-refractivity contribution in [2.75, 3.05) is 14.2 Å². The number of amides is 1. The molecule has 0 saturated heterocycles. The number of para-hydroxylation sites is 1. The first-order valence-corrected chi connectivity index (χ1v) is 9.12. The van der Waals surface area contributed by atoms with Gasteiger partial charge in [-0.05, 0) is 18.1 Å². The maximum atomic E-state index is 13.3. The van der Waals surface area contributed by atoms with Crippen molar-refractivity contribution in [3.05, 3.63) is 75.8 Å². The molecule has 0 unspecified atom stereocenters. The Bertz CT molecular complexity index is 915. The molecule has 0 fully saturated rings. The standard InChI is InChI=1S/C21H22N2O7/c1-29-19(24)13-12-18(21(26)30-2)22(14-15-8-4-3-5-9-15)20(25)16-10-6-7-11-17(16)23(27)28/h3-11,18H,12-14H2,1-2H3/t18-/m0/s1. The van der Waals surface area contributed by atoms with Crippen molar-refractivity contribution in [1.29, 1.82) is 0 Å². The van der Waals surface area contributed by atoms with Gasteiger partial charge < -0.3 is 14.4 Å². The SMILES string of the molecule is COC(=O)CC[C@@H](C(=O)OC)N(Cc1ccccc1)C(=O)c1ccccc1[N+](=O)[O-]. The minimum Gasteiger partial charge on any atom is -0.469 e. The molecule has 1 atom stereocenters. The van der Waals surface area contributed by atoms with Crippen LogP contribution in [-0.4, -0.2) is 47.9 Å². The quantitative estimate of drug-likeness (QED) is 0.352. The minimum atomic E-state index is -1.14. The molecule has 0 bridgehead atoms. The Hall–Kier alpha value is -3.75. The Kier molecular flexibility index (Phi) is 8.04. The number of esters is 2. The van der Waals surface area contributed by atoms with E-state index in [-0.39, 0.29) is 30.6 Å². The summed E-state index contributed by atoms with van der Waals surface area (Å²) in [5, 5.41) is 11.4. The van der Waals surface area contributed by atoms with E-state index in [1.165, 1.54) is 43.4 Å². The zero-order valence-electron chi connectivity index (χ0n) is 16.6. The summed E-state index contributed by atoms with van der Waals surface area (Å²) in [6, 6.07) is 13.2. The number of hydrogen-bond acceptors (Lipinski definition) is 7. The first kappa shape index (κ1) is 22.5. The first-order valence-electron chi connectivity index (χ1n) is 9.12. The fourth-order valence-corrected chi connectivity index (χ4v) is 2.97. The van der Waals surface area contributed by atoms with E-state index in [1.807, 2.05) is 0 Å². The summed E-state index contributed by atoms with van der Waals surface area (Å²) in [5.41, 5.74) is 0.166. The highest BCUT2D eigenvalue weighted by Gasteiger charge is 2.34. The number of nitro benzene ring substituents is 1. The molecule has 0 aliphatic heterocycles.